The third kappa shape index (κ3) is 3.52. The van der Waals surface area contributed by atoms with Crippen molar-refractivity contribution >= 4 is 11.4 Å². The SMILES string of the molecule is Cc1cccc(-c2noc(-c3ccc(N4CCOCC4)c([N+](=O)[O-])c3)n2)c1. The van der Waals surface area contributed by atoms with Gasteiger partial charge in [0, 0.05) is 30.3 Å². The molecule has 138 valence electrons. The highest BCUT2D eigenvalue weighted by Crippen LogP contribution is 2.33. The van der Waals surface area contributed by atoms with E-state index in [2.05, 4.69) is 10.1 Å². The van der Waals surface area contributed by atoms with Crippen LogP contribution in [-0.4, -0.2) is 41.4 Å². The lowest BCUT2D eigenvalue weighted by molar-refractivity contribution is -0.384. The van der Waals surface area contributed by atoms with E-state index >= 15 is 0 Å². The highest BCUT2D eigenvalue weighted by atomic mass is 16.6. The third-order valence-corrected chi connectivity index (χ3v) is 4.47. The zero-order valence-electron chi connectivity index (χ0n) is 14.8. The number of nitrogens with zero attached hydrogens (tertiary/aromatic N) is 4. The number of morpholine rings is 1. The number of aromatic nitrogens is 2. The summed E-state index contributed by atoms with van der Waals surface area (Å²) in [5.74, 6) is 0.705. The van der Waals surface area contributed by atoms with Crippen molar-refractivity contribution in [2.75, 3.05) is 31.2 Å². The molecule has 2 heterocycles. The Morgan fingerprint density at radius 2 is 1.93 bits per heavy atom. The molecule has 1 aliphatic rings. The lowest BCUT2D eigenvalue weighted by atomic mass is 10.1. The maximum atomic E-state index is 11.6. The zero-order chi connectivity index (χ0) is 18.8. The molecule has 27 heavy (non-hydrogen) atoms. The predicted octanol–water partition coefficient (Wildman–Crippen LogP) is 3.46. The van der Waals surface area contributed by atoms with Gasteiger partial charge in [-0.05, 0) is 25.1 Å². The number of anilines is 1. The molecule has 1 saturated heterocycles. The van der Waals surface area contributed by atoms with Crippen LogP contribution in [0.15, 0.2) is 47.0 Å². The van der Waals surface area contributed by atoms with E-state index in [0.717, 1.165) is 11.1 Å². The average molecular weight is 366 g/mol. The molecule has 0 N–H and O–H groups in total. The molecule has 1 aliphatic heterocycles. The molecule has 0 radical (unpaired) electrons. The molecule has 0 aliphatic carbocycles. The van der Waals surface area contributed by atoms with Crippen molar-refractivity contribution in [3.8, 4) is 22.8 Å². The summed E-state index contributed by atoms with van der Waals surface area (Å²) in [5, 5.41) is 15.6. The molecule has 8 nitrogen and oxygen atoms in total. The van der Waals surface area contributed by atoms with Gasteiger partial charge in [0.1, 0.15) is 5.69 Å². The molecule has 0 amide bonds. The van der Waals surface area contributed by atoms with Crippen molar-refractivity contribution in [1.82, 2.24) is 10.1 Å². The van der Waals surface area contributed by atoms with E-state index in [4.69, 9.17) is 9.26 Å². The van der Waals surface area contributed by atoms with Crippen molar-refractivity contribution in [1.29, 1.82) is 0 Å². The van der Waals surface area contributed by atoms with Crippen LogP contribution in [0.3, 0.4) is 0 Å². The summed E-state index contributed by atoms with van der Waals surface area (Å²) in [6.45, 7) is 4.35. The summed E-state index contributed by atoms with van der Waals surface area (Å²) in [6, 6.07) is 12.7. The Kier molecular flexibility index (Phi) is 4.55. The van der Waals surface area contributed by atoms with E-state index in [0.29, 0.717) is 43.4 Å². The Hall–Kier alpha value is -3.26. The Morgan fingerprint density at radius 3 is 2.67 bits per heavy atom. The highest BCUT2D eigenvalue weighted by Gasteiger charge is 2.23. The van der Waals surface area contributed by atoms with Gasteiger partial charge in [0.05, 0.1) is 18.1 Å². The van der Waals surface area contributed by atoms with Crippen LogP contribution < -0.4 is 4.90 Å². The Bertz CT molecular complexity index is 979. The van der Waals surface area contributed by atoms with Crippen LogP contribution in [0.4, 0.5) is 11.4 Å². The van der Waals surface area contributed by atoms with Crippen molar-refractivity contribution in [2.24, 2.45) is 0 Å². The highest BCUT2D eigenvalue weighted by molar-refractivity contribution is 5.71. The van der Waals surface area contributed by atoms with E-state index in [9.17, 15) is 10.1 Å². The summed E-state index contributed by atoms with van der Waals surface area (Å²) < 4.78 is 10.7. The average Bonchev–Trinajstić information content (AvgIpc) is 3.18. The van der Waals surface area contributed by atoms with Gasteiger partial charge in [-0.15, -0.1) is 0 Å². The van der Waals surface area contributed by atoms with Crippen LogP contribution in [0.25, 0.3) is 22.8 Å². The number of aryl methyl sites for hydroxylation is 1. The fraction of sp³-hybridized carbons (Fsp3) is 0.263. The van der Waals surface area contributed by atoms with Gasteiger partial charge in [-0.25, -0.2) is 0 Å². The normalized spacial score (nSPS) is 14.3. The molecule has 3 aromatic rings. The predicted molar refractivity (Wildman–Crippen MR) is 99.6 cm³/mol. The maximum absolute atomic E-state index is 11.6. The summed E-state index contributed by atoms with van der Waals surface area (Å²) >= 11 is 0. The standard InChI is InChI=1S/C19H18N4O4/c1-13-3-2-4-14(11-13)18-20-19(27-21-18)15-5-6-16(17(12-15)23(24)25)22-7-9-26-10-8-22/h2-6,11-12H,7-10H2,1H3. The summed E-state index contributed by atoms with van der Waals surface area (Å²) in [4.78, 5) is 17.6. The lowest BCUT2D eigenvalue weighted by Crippen LogP contribution is -2.36. The fourth-order valence-electron chi connectivity index (χ4n) is 3.12. The van der Waals surface area contributed by atoms with Gasteiger partial charge in [-0.2, -0.15) is 4.98 Å². The smallest absolute Gasteiger partial charge is 0.293 e. The topological polar surface area (TPSA) is 94.5 Å². The fourth-order valence-corrected chi connectivity index (χ4v) is 3.12. The molecule has 4 rings (SSSR count). The molecule has 0 bridgehead atoms. The first-order chi connectivity index (χ1) is 13.1. The Labute approximate surface area is 155 Å². The van der Waals surface area contributed by atoms with Crippen LogP contribution in [-0.2, 0) is 4.74 Å². The lowest BCUT2D eigenvalue weighted by Gasteiger charge is -2.28. The number of ether oxygens (including phenoxy) is 1. The number of nitro groups is 1. The molecule has 0 unspecified atom stereocenters. The number of benzene rings is 2. The van der Waals surface area contributed by atoms with Gasteiger partial charge in [0.25, 0.3) is 11.6 Å². The number of rotatable bonds is 4. The van der Waals surface area contributed by atoms with Crippen LogP contribution in [0, 0.1) is 17.0 Å². The van der Waals surface area contributed by atoms with Gasteiger partial charge in [0.15, 0.2) is 0 Å². The van der Waals surface area contributed by atoms with Crippen molar-refractivity contribution < 1.29 is 14.2 Å². The van der Waals surface area contributed by atoms with Gasteiger partial charge in [0.2, 0.25) is 5.82 Å². The molecular weight excluding hydrogens is 348 g/mol. The molecule has 2 aromatic carbocycles. The van der Waals surface area contributed by atoms with Gasteiger partial charge >= 0.3 is 0 Å². The number of nitro benzene ring substituents is 1. The van der Waals surface area contributed by atoms with E-state index in [-0.39, 0.29) is 16.5 Å². The first-order valence-electron chi connectivity index (χ1n) is 8.64. The van der Waals surface area contributed by atoms with Crippen molar-refractivity contribution in [3.63, 3.8) is 0 Å². The molecule has 1 fully saturated rings. The van der Waals surface area contributed by atoms with E-state index in [1.165, 1.54) is 6.07 Å². The van der Waals surface area contributed by atoms with Crippen molar-refractivity contribution in [3.05, 3.63) is 58.1 Å². The van der Waals surface area contributed by atoms with Gasteiger partial charge < -0.3 is 14.2 Å². The summed E-state index contributed by atoms with van der Waals surface area (Å²) in [5.41, 5.74) is 3.04. The van der Waals surface area contributed by atoms with E-state index in [1.54, 1.807) is 12.1 Å². The quantitative estimate of drug-likeness (QED) is 0.515. The largest absolute Gasteiger partial charge is 0.378 e. The van der Waals surface area contributed by atoms with Crippen LogP contribution in [0.5, 0.6) is 0 Å². The first-order valence-corrected chi connectivity index (χ1v) is 8.64. The van der Waals surface area contributed by atoms with E-state index in [1.807, 2.05) is 36.1 Å². The minimum Gasteiger partial charge on any atom is -0.378 e. The minimum absolute atomic E-state index is 0.0182. The molecule has 0 spiro atoms. The molecule has 0 atom stereocenters. The van der Waals surface area contributed by atoms with Crippen molar-refractivity contribution in [2.45, 2.75) is 6.92 Å². The molecule has 1 aromatic heterocycles. The van der Waals surface area contributed by atoms with Crippen LogP contribution >= 0.6 is 0 Å². The van der Waals surface area contributed by atoms with Gasteiger partial charge in [-0.3, -0.25) is 10.1 Å². The van der Waals surface area contributed by atoms with Crippen LogP contribution in [0.2, 0.25) is 0 Å². The first kappa shape index (κ1) is 17.2. The zero-order valence-corrected chi connectivity index (χ0v) is 14.8. The number of hydrogen-bond donors (Lipinski definition) is 0. The Morgan fingerprint density at radius 1 is 1.11 bits per heavy atom. The second-order valence-corrected chi connectivity index (χ2v) is 6.35. The molecule has 0 saturated carbocycles. The van der Waals surface area contributed by atoms with Gasteiger partial charge in [-0.1, -0.05) is 28.9 Å². The van der Waals surface area contributed by atoms with Crippen LogP contribution in [0.1, 0.15) is 5.56 Å². The van der Waals surface area contributed by atoms with E-state index < -0.39 is 0 Å². The molecule has 8 heteroatoms. The second-order valence-electron chi connectivity index (χ2n) is 6.35. The number of hydrogen-bond acceptors (Lipinski definition) is 7. The minimum atomic E-state index is -0.383. The molecular formula is C19H18N4O4. The monoisotopic (exact) mass is 366 g/mol. The summed E-state index contributed by atoms with van der Waals surface area (Å²) in [7, 11) is 0. The third-order valence-electron chi connectivity index (χ3n) is 4.47. The summed E-state index contributed by atoms with van der Waals surface area (Å²) in [6.07, 6.45) is 0. The maximum Gasteiger partial charge on any atom is 0.293 e. The second kappa shape index (κ2) is 7.16. The Balaban J connectivity index is 1.68.